The molecule has 0 aliphatic carbocycles. The molecular weight excluding hydrogens is 264 g/mol. The molecule has 1 heterocycles. The fraction of sp³-hybridized carbons (Fsp3) is 0.533. The zero-order chi connectivity index (χ0) is 13.7. The molecule has 1 saturated heterocycles. The molecular formula is C15H19ClO3. The Hall–Kier alpha value is -1.06. The van der Waals surface area contributed by atoms with Gasteiger partial charge in [0.2, 0.25) is 0 Å². The van der Waals surface area contributed by atoms with Crippen LogP contribution in [0.4, 0.5) is 0 Å². The zero-order valence-corrected chi connectivity index (χ0v) is 11.6. The van der Waals surface area contributed by atoms with Crippen molar-refractivity contribution in [1.29, 1.82) is 0 Å². The van der Waals surface area contributed by atoms with Crippen molar-refractivity contribution in [2.75, 3.05) is 13.2 Å². The largest absolute Gasteiger partial charge is 0.481 e. The summed E-state index contributed by atoms with van der Waals surface area (Å²) in [6, 6.07) is 7.43. The summed E-state index contributed by atoms with van der Waals surface area (Å²) in [5, 5.41) is 10.0. The minimum atomic E-state index is -0.707. The number of carboxylic acids is 1. The smallest absolute Gasteiger partial charge is 0.306 e. The number of ether oxygens (including phenoxy) is 1. The van der Waals surface area contributed by atoms with Gasteiger partial charge in [-0.05, 0) is 49.3 Å². The second-order valence-electron chi connectivity index (χ2n) is 5.16. The quantitative estimate of drug-likeness (QED) is 0.900. The maximum atomic E-state index is 11.4. The van der Waals surface area contributed by atoms with Crippen molar-refractivity contribution in [1.82, 2.24) is 0 Å². The SMILES string of the molecule is O=C(O)C(Cc1ccc(Cl)cc1)CC1CCOCC1. The summed E-state index contributed by atoms with van der Waals surface area (Å²) in [4.78, 5) is 11.4. The van der Waals surface area contributed by atoms with E-state index in [2.05, 4.69) is 0 Å². The van der Waals surface area contributed by atoms with Crippen LogP contribution in [0.5, 0.6) is 0 Å². The molecule has 1 aliphatic heterocycles. The van der Waals surface area contributed by atoms with E-state index in [0.29, 0.717) is 17.4 Å². The highest BCUT2D eigenvalue weighted by Gasteiger charge is 2.24. The van der Waals surface area contributed by atoms with Gasteiger partial charge in [0.25, 0.3) is 0 Å². The normalized spacial score (nSPS) is 18.2. The molecule has 0 amide bonds. The van der Waals surface area contributed by atoms with Crippen LogP contribution in [0.15, 0.2) is 24.3 Å². The van der Waals surface area contributed by atoms with E-state index in [1.165, 1.54) is 0 Å². The third-order valence-electron chi connectivity index (χ3n) is 3.70. The second-order valence-corrected chi connectivity index (χ2v) is 5.59. The van der Waals surface area contributed by atoms with E-state index in [1.807, 2.05) is 24.3 Å². The summed E-state index contributed by atoms with van der Waals surface area (Å²) < 4.78 is 5.31. The van der Waals surface area contributed by atoms with Crippen molar-refractivity contribution in [3.8, 4) is 0 Å². The minimum absolute atomic E-state index is 0.315. The Morgan fingerprint density at radius 1 is 1.32 bits per heavy atom. The predicted molar refractivity (Wildman–Crippen MR) is 74.4 cm³/mol. The molecule has 1 aromatic carbocycles. The third kappa shape index (κ3) is 4.51. The van der Waals surface area contributed by atoms with Crippen LogP contribution in [0.25, 0.3) is 0 Å². The van der Waals surface area contributed by atoms with Gasteiger partial charge in [0.15, 0.2) is 0 Å². The van der Waals surface area contributed by atoms with Crippen molar-refractivity contribution >= 4 is 17.6 Å². The van der Waals surface area contributed by atoms with Crippen molar-refractivity contribution < 1.29 is 14.6 Å². The van der Waals surface area contributed by atoms with Gasteiger partial charge in [-0.3, -0.25) is 4.79 Å². The average molecular weight is 283 g/mol. The molecule has 2 rings (SSSR count). The summed E-state index contributed by atoms with van der Waals surface area (Å²) in [6.07, 6.45) is 3.26. The maximum absolute atomic E-state index is 11.4. The van der Waals surface area contributed by atoms with Gasteiger partial charge >= 0.3 is 5.97 Å². The number of benzene rings is 1. The highest BCUT2D eigenvalue weighted by molar-refractivity contribution is 6.30. The number of halogens is 1. The molecule has 1 aliphatic rings. The molecule has 0 bridgehead atoms. The number of rotatable bonds is 5. The van der Waals surface area contributed by atoms with Gasteiger partial charge in [-0.2, -0.15) is 0 Å². The van der Waals surface area contributed by atoms with E-state index in [4.69, 9.17) is 16.3 Å². The van der Waals surface area contributed by atoms with E-state index in [1.54, 1.807) is 0 Å². The van der Waals surface area contributed by atoms with Gasteiger partial charge < -0.3 is 9.84 Å². The van der Waals surface area contributed by atoms with E-state index < -0.39 is 5.97 Å². The number of carboxylic acid groups (broad SMARTS) is 1. The van der Waals surface area contributed by atoms with Gasteiger partial charge in [0.05, 0.1) is 5.92 Å². The second kappa shape index (κ2) is 6.92. The summed E-state index contributed by atoms with van der Waals surface area (Å²) in [7, 11) is 0. The number of hydrogen-bond acceptors (Lipinski definition) is 2. The Labute approximate surface area is 118 Å². The minimum Gasteiger partial charge on any atom is -0.481 e. The van der Waals surface area contributed by atoms with Crippen LogP contribution < -0.4 is 0 Å². The molecule has 1 N–H and O–H groups in total. The lowest BCUT2D eigenvalue weighted by Crippen LogP contribution is -2.24. The predicted octanol–water partition coefficient (Wildman–Crippen LogP) is 3.40. The molecule has 0 saturated carbocycles. The Balaban J connectivity index is 1.95. The van der Waals surface area contributed by atoms with Gasteiger partial charge in [-0.1, -0.05) is 23.7 Å². The standard InChI is InChI=1S/C15H19ClO3/c16-14-3-1-11(2-4-14)9-13(15(17)18)10-12-5-7-19-8-6-12/h1-4,12-13H,5-10H2,(H,17,18). The molecule has 1 atom stereocenters. The van der Waals surface area contributed by atoms with Crippen molar-refractivity contribution in [2.24, 2.45) is 11.8 Å². The monoisotopic (exact) mass is 282 g/mol. The Bertz CT molecular complexity index is 410. The van der Waals surface area contributed by atoms with Gasteiger partial charge in [-0.25, -0.2) is 0 Å². The van der Waals surface area contributed by atoms with Crippen LogP contribution in [-0.2, 0) is 16.0 Å². The van der Waals surface area contributed by atoms with E-state index >= 15 is 0 Å². The lowest BCUT2D eigenvalue weighted by atomic mass is 9.85. The summed E-state index contributed by atoms with van der Waals surface area (Å²) in [5.74, 6) is -0.548. The molecule has 1 unspecified atom stereocenters. The summed E-state index contributed by atoms with van der Waals surface area (Å²) in [5.41, 5.74) is 1.03. The number of hydrogen-bond donors (Lipinski definition) is 1. The fourth-order valence-corrected chi connectivity index (χ4v) is 2.69. The summed E-state index contributed by atoms with van der Waals surface area (Å²) in [6.45, 7) is 1.52. The molecule has 0 aromatic heterocycles. The molecule has 4 heteroatoms. The first-order valence-electron chi connectivity index (χ1n) is 6.70. The van der Waals surface area contributed by atoms with Gasteiger partial charge in [0.1, 0.15) is 0 Å². The molecule has 1 fully saturated rings. The molecule has 104 valence electrons. The Kier molecular flexibility index (Phi) is 5.23. The van der Waals surface area contributed by atoms with Crippen LogP contribution in [0.2, 0.25) is 5.02 Å². The van der Waals surface area contributed by atoms with Crippen LogP contribution in [0, 0.1) is 11.8 Å². The van der Waals surface area contributed by atoms with Crippen molar-refractivity contribution in [3.05, 3.63) is 34.9 Å². The van der Waals surface area contributed by atoms with Crippen molar-refractivity contribution in [3.63, 3.8) is 0 Å². The van der Waals surface area contributed by atoms with Crippen LogP contribution in [-0.4, -0.2) is 24.3 Å². The lowest BCUT2D eigenvalue weighted by molar-refractivity contribution is -0.142. The Morgan fingerprint density at radius 3 is 2.53 bits per heavy atom. The first-order valence-corrected chi connectivity index (χ1v) is 7.08. The average Bonchev–Trinajstić information content (AvgIpc) is 2.41. The van der Waals surface area contributed by atoms with Crippen molar-refractivity contribution in [2.45, 2.75) is 25.7 Å². The summed E-state index contributed by atoms with van der Waals surface area (Å²) >= 11 is 5.84. The zero-order valence-electron chi connectivity index (χ0n) is 10.8. The highest BCUT2D eigenvalue weighted by Crippen LogP contribution is 2.25. The lowest BCUT2D eigenvalue weighted by Gasteiger charge is -2.24. The third-order valence-corrected chi connectivity index (χ3v) is 3.96. The van der Waals surface area contributed by atoms with E-state index in [0.717, 1.165) is 38.0 Å². The fourth-order valence-electron chi connectivity index (χ4n) is 2.56. The topological polar surface area (TPSA) is 46.5 Å². The van der Waals surface area contributed by atoms with Gasteiger partial charge in [0, 0.05) is 18.2 Å². The van der Waals surface area contributed by atoms with E-state index in [-0.39, 0.29) is 5.92 Å². The first kappa shape index (κ1) is 14.4. The highest BCUT2D eigenvalue weighted by atomic mass is 35.5. The molecule has 0 radical (unpaired) electrons. The Morgan fingerprint density at radius 2 is 1.95 bits per heavy atom. The van der Waals surface area contributed by atoms with Crippen LogP contribution in [0.1, 0.15) is 24.8 Å². The molecule has 19 heavy (non-hydrogen) atoms. The van der Waals surface area contributed by atoms with Crippen LogP contribution in [0.3, 0.4) is 0 Å². The number of carbonyl (C=O) groups is 1. The maximum Gasteiger partial charge on any atom is 0.306 e. The number of aliphatic carboxylic acids is 1. The van der Waals surface area contributed by atoms with Gasteiger partial charge in [-0.15, -0.1) is 0 Å². The molecule has 0 spiro atoms. The van der Waals surface area contributed by atoms with Crippen LogP contribution >= 0.6 is 11.6 Å². The molecule has 1 aromatic rings. The molecule has 3 nitrogen and oxygen atoms in total. The first-order chi connectivity index (χ1) is 9.15. The van der Waals surface area contributed by atoms with E-state index in [9.17, 15) is 9.90 Å².